The first-order valence-electron chi connectivity index (χ1n) is 7.66. The van der Waals surface area contributed by atoms with Crippen molar-refractivity contribution in [1.82, 2.24) is 4.98 Å². The average Bonchev–Trinajstić information content (AvgIpc) is 2.96. The molecule has 22 heavy (non-hydrogen) atoms. The Morgan fingerprint density at radius 1 is 1.18 bits per heavy atom. The second-order valence-corrected chi connectivity index (χ2v) is 6.78. The lowest BCUT2D eigenvalue weighted by Gasteiger charge is -2.14. The fraction of sp³-hybridized carbons (Fsp3) is 0.471. The molecule has 3 rings (SSSR count). The van der Waals surface area contributed by atoms with Gasteiger partial charge >= 0.3 is 0 Å². The van der Waals surface area contributed by atoms with Crippen LogP contribution in [0.25, 0.3) is 0 Å². The van der Waals surface area contributed by atoms with Crippen LogP contribution in [0.1, 0.15) is 40.0 Å². The Bertz CT molecular complexity index is 631. The monoisotopic (exact) mass is 318 g/mol. The molecule has 1 aromatic carbocycles. The lowest BCUT2D eigenvalue weighted by Crippen LogP contribution is -2.13. The Morgan fingerprint density at radius 2 is 1.95 bits per heavy atom. The fourth-order valence-corrected chi connectivity index (χ4v) is 4.10. The predicted molar refractivity (Wildman–Crippen MR) is 88.9 cm³/mol. The van der Waals surface area contributed by atoms with E-state index in [4.69, 9.17) is 20.2 Å². The standard InChI is InChI=1S/C17H22N2O2S/c1-20-14-8-7-11(9-15(14)21-2)12(18)10-17-19-13-5-3-4-6-16(13)22-17/h7-9,12H,3-6,10,18H2,1-2H3. The summed E-state index contributed by atoms with van der Waals surface area (Å²) >= 11 is 1.83. The van der Waals surface area contributed by atoms with E-state index in [-0.39, 0.29) is 6.04 Å². The molecular formula is C17H22N2O2S. The summed E-state index contributed by atoms with van der Waals surface area (Å²) in [5, 5.41) is 1.15. The molecule has 0 aliphatic heterocycles. The van der Waals surface area contributed by atoms with Crippen molar-refractivity contribution in [2.24, 2.45) is 5.73 Å². The molecular weight excluding hydrogens is 296 g/mol. The van der Waals surface area contributed by atoms with E-state index in [1.165, 1.54) is 29.8 Å². The Morgan fingerprint density at radius 3 is 2.68 bits per heavy atom. The lowest BCUT2D eigenvalue weighted by molar-refractivity contribution is 0.354. The number of nitrogens with two attached hydrogens (primary N) is 1. The van der Waals surface area contributed by atoms with Gasteiger partial charge in [0.15, 0.2) is 11.5 Å². The van der Waals surface area contributed by atoms with Crippen LogP contribution in [0.3, 0.4) is 0 Å². The van der Waals surface area contributed by atoms with Gasteiger partial charge in [0.1, 0.15) is 0 Å². The molecule has 0 spiro atoms. The number of methoxy groups -OCH3 is 2. The SMILES string of the molecule is COc1ccc(C(N)Cc2nc3c(s2)CCCC3)cc1OC. The van der Waals surface area contributed by atoms with E-state index in [1.807, 2.05) is 29.5 Å². The van der Waals surface area contributed by atoms with Crippen LogP contribution in [-0.4, -0.2) is 19.2 Å². The number of thiazole rings is 1. The van der Waals surface area contributed by atoms with Crippen molar-refractivity contribution < 1.29 is 9.47 Å². The first-order valence-corrected chi connectivity index (χ1v) is 8.48. The molecule has 1 aromatic heterocycles. The maximum absolute atomic E-state index is 6.37. The number of hydrogen-bond acceptors (Lipinski definition) is 5. The Balaban J connectivity index is 1.76. The molecule has 0 saturated heterocycles. The smallest absolute Gasteiger partial charge is 0.161 e. The summed E-state index contributed by atoms with van der Waals surface area (Å²) in [6.45, 7) is 0. The molecule has 1 heterocycles. The van der Waals surface area contributed by atoms with Gasteiger partial charge in [-0.25, -0.2) is 4.98 Å². The van der Waals surface area contributed by atoms with Crippen LogP contribution in [0, 0.1) is 0 Å². The fourth-order valence-electron chi connectivity index (χ4n) is 2.88. The van der Waals surface area contributed by atoms with Crippen LogP contribution in [0.2, 0.25) is 0 Å². The molecule has 0 bridgehead atoms. The third-order valence-electron chi connectivity index (χ3n) is 4.12. The van der Waals surface area contributed by atoms with Crippen molar-refractivity contribution in [1.29, 1.82) is 0 Å². The normalized spacial score (nSPS) is 15.2. The molecule has 1 unspecified atom stereocenters. The number of aromatic nitrogens is 1. The molecule has 4 nitrogen and oxygen atoms in total. The summed E-state index contributed by atoms with van der Waals surface area (Å²) in [6.07, 6.45) is 5.62. The zero-order valence-corrected chi connectivity index (χ0v) is 13.9. The molecule has 0 saturated carbocycles. The summed E-state index contributed by atoms with van der Waals surface area (Å²) in [6, 6.07) is 5.78. The third-order valence-corrected chi connectivity index (χ3v) is 5.30. The summed E-state index contributed by atoms with van der Waals surface area (Å²) in [4.78, 5) is 6.23. The number of hydrogen-bond donors (Lipinski definition) is 1. The Labute approximate surface area is 135 Å². The van der Waals surface area contributed by atoms with Gasteiger partial charge < -0.3 is 15.2 Å². The second kappa shape index (κ2) is 6.67. The minimum Gasteiger partial charge on any atom is -0.493 e. The summed E-state index contributed by atoms with van der Waals surface area (Å²) in [7, 11) is 3.28. The average molecular weight is 318 g/mol. The van der Waals surface area contributed by atoms with Crippen LogP contribution in [0.4, 0.5) is 0 Å². The first-order chi connectivity index (χ1) is 10.7. The molecule has 1 atom stereocenters. The van der Waals surface area contributed by atoms with Crippen molar-refractivity contribution in [2.75, 3.05) is 14.2 Å². The van der Waals surface area contributed by atoms with Crippen LogP contribution in [-0.2, 0) is 19.3 Å². The van der Waals surface area contributed by atoms with E-state index in [0.29, 0.717) is 5.75 Å². The molecule has 5 heteroatoms. The minimum absolute atomic E-state index is 0.0765. The van der Waals surface area contributed by atoms with Crippen LogP contribution in [0.15, 0.2) is 18.2 Å². The maximum atomic E-state index is 6.37. The summed E-state index contributed by atoms with van der Waals surface area (Å²) in [5.74, 6) is 1.44. The summed E-state index contributed by atoms with van der Waals surface area (Å²) in [5.41, 5.74) is 8.71. The van der Waals surface area contributed by atoms with Crippen LogP contribution < -0.4 is 15.2 Å². The molecule has 2 aromatic rings. The number of ether oxygens (including phenoxy) is 2. The van der Waals surface area contributed by atoms with E-state index in [0.717, 1.165) is 29.2 Å². The highest BCUT2D eigenvalue weighted by atomic mass is 32.1. The molecule has 1 aliphatic rings. The van der Waals surface area contributed by atoms with E-state index in [1.54, 1.807) is 14.2 Å². The Kier molecular flexibility index (Phi) is 4.64. The topological polar surface area (TPSA) is 57.4 Å². The van der Waals surface area contributed by atoms with Crippen molar-refractivity contribution in [3.05, 3.63) is 39.3 Å². The van der Waals surface area contributed by atoms with Crippen molar-refractivity contribution >= 4 is 11.3 Å². The maximum Gasteiger partial charge on any atom is 0.161 e. The van der Waals surface area contributed by atoms with Gasteiger partial charge in [-0.05, 0) is 43.4 Å². The van der Waals surface area contributed by atoms with Gasteiger partial charge in [0.05, 0.1) is 24.9 Å². The van der Waals surface area contributed by atoms with Gasteiger partial charge in [0, 0.05) is 17.3 Å². The van der Waals surface area contributed by atoms with E-state index >= 15 is 0 Å². The Hall–Kier alpha value is -1.59. The largest absolute Gasteiger partial charge is 0.493 e. The molecule has 118 valence electrons. The number of benzene rings is 1. The summed E-state index contributed by atoms with van der Waals surface area (Å²) < 4.78 is 10.6. The van der Waals surface area contributed by atoms with Crippen LogP contribution in [0.5, 0.6) is 11.5 Å². The minimum atomic E-state index is -0.0765. The number of rotatable bonds is 5. The highest BCUT2D eigenvalue weighted by Gasteiger charge is 2.18. The quantitative estimate of drug-likeness (QED) is 0.919. The van der Waals surface area contributed by atoms with Gasteiger partial charge in [0.2, 0.25) is 0 Å². The van der Waals surface area contributed by atoms with Crippen molar-refractivity contribution in [3.63, 3.8) is 0 Å². The molecule has 1 aliphatic carbocycles. The zero-order chi connectivity index (χ0) is 15.5. The first kappa shape index (κ1) is 15.3. The van der Waals surface area contributed by atoms with Gasteiger partial charge in [-0.15, -0.1) is 11.3 Å². The predicted octanol–water partition coefficient (Wildman–Crippen LogP) is 3.28. The highest BCUT2D eigenvalue weighted by molar-refractivity contribution is 7.11. The van der Waals surface area contributed by atoms with Crippen molar-refractivity contribution in [3.8, 4) is 11.5 Å². The third kappa shape index (κ3) is 3.10. The van der Waals surface area contributed by atoms with Gasteiger partial charge in [0.25, 0.3) is 0 Å². The lowest BCUT2D eigenvalue weighted by atomic mass is 10.0. The highest BCUT2D eigenvalue weighted by Crippen LogP contribution is 2.32. The van der Waals surface area contributed by atoms with E-state index in [2.05, 4.69) is 0 Å². The zero-order valence-electron chi connectivity index (χ0n) is 13.1. The van der Waals surface area contributed by atoms with Crippen molar-refractivity contribution in [2.45, 2.75) is 38.1 Å². The second-order valence-electron chi connectivity index (χ2n) is 5.61. The number of aryl methyl sites for hydroxylation is 2. The van der Waals surface area contributed by atoms with E-state index < -0.39 is 0 Å². The van der Waals surface area contributed by atoms with E-state index in [9.17, 15) is 0 Å². The van der Waals surface area contributed by atoms with Gasteiger partial charge in [-0.1, -0.05) is 6.07 Å². The molecule has 2 N–H and O–H groups in total. The van der Waals surface area contributed by atoms with Crippen LogP contribution >= 0.6 is 11.3 Å². The molecule has 0 amide bonds. The molecule has 0 fully saturated rings. The van der Waals surface area contributed by atoms with Gasteiger partial charge in [-0.3, -0.25) is 0 Å². The molecule has 0 radical (unpaired) electrons. The number of fused-ring (bicyclic) bond motifs is 1. The number of nitrogens with zero attached hydrogens (tertiary/aromatic N) is 1. The van der Waals surface area contributed by atoms with Gasteiger partial charge in [-0.2, -0.15) is 0 Å².